The average molecular weight is 187 g/mol. The molecule has 1 fully saturated rings. The first-order valence-electron chi connectivity index (χ1n) is 3.40. The molecule has 1 saturated heterocycles. The number of nitrogens with one attached hydrogen (secondary N) is 1. The molecule has 1 unspecified atom stereocenters. The lowest BCUT2D eigenvalue weighted by molar-refractivity contribution is -0.134. The molecule has 0 bridgehead atoms. The minimum Gasteiger partial charge on any atom is -0.466 e. The van der Waals surface area contributed by atoms with Crippen LogP contribution in [0.4, 0.5) is 0 Å². The number of carbonyl (C=O) groups is 2. The molecule has 1 atom stereocenters. The molecule has 0 spiro atoms. The number of esters is 1. The van der Waals surface area contributed by atoms with Crippen molar-refractivity contribution >= 4 is 23.6 Å². The fourth-order valence-corrected chi connectivity index (χ4v) is 1.60. The van der Waals surface area contributed by atoms with E-state index in [4.69, 9.17) is 0 Å². The molecule has 66 valence electrons. The zero-order chi connectivity index (χ0) is 9.14. The van der Waals surface area contributed by atoms with E-state index >= 15 is 0 Å². The van der Waals surface area contributed by atoms with E-state index < -0.39 is 5.97 Å². The van der Waals surface area contributed by atoms with E-state index in [1.165, 1.54) is 24.9 Å². The van der Waals surface area contributed by atoms with Gasteiger partial charge in [-0.25, -0.2) is 4.79 Å². The van der Waals surface area contributed by atoms with Crippen molar-refractivity contribution in [1.82, 2.24) is 5.32 Å². The lowest BCUT2D eigenvalue weighted by Gasteiger charge is -1.93. The summed E-state index contributed by atoms with van der Waals surface area (Å²) in [5.41, 5.74) is 0. The quantitative estimate of drug-likeness (QED) is 0.472. The molecule has 0 aromatic heterocycles. The van der Waals surface area contributed by atoms with Crippen molar-refractivity contribution in [3.8, 4) is 0 Å². The van der Waals surface area contributed by atoms with Crippen molar-refractivity contribution in [3.05, 3.63) is 11.1 Å². The SMILES string of the molecule is COC(=O)/C=C1/NC(=O)C(C)S1. The standard InChI is InChI=1S/C7H9NO3S/c1-4-7(10)8-5(12-4)3-6(9)11-2/h3-4H,1-2H3,(H,8,10)/b5-3-. The topological polar surface area (TPSA) is 55.4 Å². The van der Waals surface area contributed by atoms with Crippen LogP contribution in [0.5, 0.6) is 0 Å². The van der Waals surface area contributed by atoms with Crippen molar-refractivity contribution in [2.24, 2.45) is 0 Å². The smallest absolute Gasteiger partial charge is 0.333 e. The van der Waals surface area contributed by atoms with Crippen LogP contribution in [0.1, 0.15) is 6.92 Å². The van der Waals surface area contributed by atoms with Gasteiger partial charge in [0.15, 0.2) is 0 Å². The third-order valence-electron chi connectivity index (χ3n) is 1.37. The van der Waals surface area contributed by atoms with Gasteiger partial charge in [0.05, 0.1) is 23.5 Å². The van der Waals surface area contributed by atoms with E-state index in [9.17, 15) is 9.59 Å². The van der Waals surface area contributed by atoms with Crippen LogP contribution in [0.3, 0.4) is 0 Å². The Bertz CT molecular complexity index is 249. The zero-order valence-corrected chi connectivity index (χ0v) is 7.60. The maximum absolute atomic E-state index is 10.9. The van der Waals surface area contributed by atoms with Crippen LogP contribution in [0.2, 0.25) is 0 Å². The Labute approximate surface area is 74.3 Å². The second kappa shape index (κ2) is 3.62. The molecule has 0 radical (unpaired) electrons. The summed E-state index contributed by atoms with van der Waals surface area (Å²) in [7, 11) is 1.30. The highest BCUT2D eigenvalue weighted by Gasteiger charge is 2.24. The fourth-order valence-electron chi connectivity index (χ4n) is 0.733. The third kappa shape index (κ3) is 2.01. The Hall–Kier alpha value is -0.970. The predicted molar refractivity (Wildman–Crippen MR) is 45.3 cm³/mol. The summed E-state index contributed by atoms with van der Waals surface area (Å²) in [4.78, 5) is 21.6. The van der Waals surface area contributed by atoms with E-state index in [0.717, 1.165) is 0 Å². The van der Waals surface area contributed by atoms with Crippen LogP contribution in [0.25, 0.3) is 0 Å². The van der Waals surface area contributed by atoms with Gasteiger partial charge in [0.2, 0.25) is 5.91 Å². The van der Waals surface area contributed by atoms with Crippen molar-refractivity contribution in [3.63, 3.8) is 0 Å². The van der Waals surface area contributed by atoms with E-state index in [0.29, 0.717) is 5.03 Å². The first kappa shape index (κ1) is 9.12. The molecule has 5 heteroatoms. The molecule has 0 aromatic carbocycles. The molecule has 0 saturated carbocycles. The number of rotatable bonds is 1. The number of carbonyl (C=O) groups excluding carboxylic acids is 2. The zero-order valence-electron chi connectivity index (χ0n) is 6.79. The Balaban J connectivity index is 2.62. The van der Waals surface area contributed by atoms with Crippen LogP contribution in [-0.2, 0) is 14.3 Å². The molecule has 0 aliphatic carbocycles. The minimum atomic E-state index is -0.452. The highest BCUT2D eigenvalue weighted by molar-refractivity contribution is 8.04. The Kier molecular flexibility index (Phi) is 2.75. The Morgan fingerprint density at radius 1 is 1.75 bits per heavy atom. The second-order valence-corrected chi connectivity index (χ2v) is 3.66. The van der Waals surface area contributed by atoms with Gasteiger partial charge in [-0.1, -0.05) is 11.8 Å². The first-order valence-corrected chi connectivity index (χ1v) is 4.28. The highest BCUT2D eigenvalue weighted by atomic mass is 32.2. The second-order valence-electron chi connectivity index (χ2n) is 2.28. The van der Waals surface area contributed by atoms with Crippen molar-refractivity contribution < 1.29 is 14.3 Å². The number of hydrogen-bond acceptors (Lipinski definition) is 4. The Morgan fingerprint density at radius 3 is 2.83 bits per heavy atom. The van der Waals surface area contributed by atoms with Gasteiger partial charge in [0.25, 0.3) is 0 Å². The summed E-state index contributed by atoms with van der Waals surface area (Å²) < 4.78 is 4.40. The number of hydrogen-bond donors (Lipinski definition) is 1. The molecule has 12 heavy (non-hydrogen) atoms. The summed E-state index contributed by atoms with van der Waals surface area (Å²) in [5.74, 6) is -0.526. The monoisotopic (exact) mass is 187 g/mol. The van der Waals surface area contributed by atoms with Gasteiger partial charge in [-0.2, -0.15) is 0 Å². The molecular weight excluding hydrogens is 178 g/mol. The highest BCUT2D eigenvalue weighted by Crippen LogP contribution is 2.25. The van der Waals surface area contributed by atoms with Crippen molar-refractivity contribution in [2.75, 3.05) is 7.11 Å². The molecule has 1 rings (SSSR count). The Morgan fingerprint density at radius 2 is 2.42 bits per heavy atom. The molecule has 1 amide bonds. The van der Waals surface area contributed by atoms with Gasteiger partial charge in [-0.05, 0) is 6.92 Å². The summed E-state index contributed by atoms with van der Waals surface area (Å²) in [6.07, 6.45) is 1.27. The van der Waals surface area contributed by atoms with E-state index in [-0.39, 0.29) is 11.2 Å². The van der Waals surface area contributed by atoms with E-state index in [1.54, 1.807) is 6.92 Å². The molecule has 1 heterocycles. The van der Waals surface area contributed by atoms with Gasteiger partial charge in [-0.15, -0.1) is 0 Å². The van der Waals surface area contributed by atoms with Crippen LogP contribution < -0.4 is 5.32 Å². The number of thioether (sulfide) groups is 1. The van der Waals surface area contributed by atoms with Crippen molar-refractivity contribution in [1.29, 1.82) is 0 Å². The van der Waals surface area contributed by atoms with Crippen molar-refractivity contribution in [2.45, 2.75) is 12.2 Å². The van der Waals surface area contributed by atoms with E-state index in [1.807, 2.05) is 0 Å². The van der Waals surface area contributed by atoms with Crippen LogP contribution in [0, 0.1) is 0 Å². The van der Waals surface area contributed by atoms with Gasteiger partial charge < -0.3 is 10.1 Å². The molecule has 1 N–H and O–H groups in total. The summed E-state index contributed by atoms with van der Waals surface area (Å²) in [6.45, 7) is 1.78. The summed E-state index contributed by atoms with van der Waals surface area (Å²) in [5, 5.41) is 2.98. The largest absolute Gasteiger partial charge is 0.466 e. The maximum atomic E-state index is 10.9. The van der Waals surface area contributed by atoms with Crippen LogP contribution >= 0.6 is 11.8 Å². The predicted octanol–water partition coefficient (Wildman–Crippen LogP) is 0.252. The summed E-state index contributed by atoms with van der Waals surface area (Å²) in [6, 6.07) is 0. The number of ether oxygens (including phenoxy) is 1. The molecule has 4 nitrogen and oxygen atoms in total. The molecule has 0 aromatic rings. The van der Waals surface area contributed by atoms with E-state index in [2.05, 4.69) is 10.1 Å². The number of amides is 1. The minimum absolute atomic E-state index is 0.0739. The number of methoxy groups -OCH3 is 1. The van der Waals surface area contributed by atoms with Gasteiger partial charge >= 0.3 is 5.97 Å². The molecule has 1 aliphatic rings. The molecule has 1 aliphatic heterocycles. The summed E-state index contributed by atoms with van der Waals surface area (Å²) >= 11 is 1.32. The van der Waals surface area contributed by atoms with Gasteiger partial charge in [-0.3, -0.25) is 4.79 Å². The third-order valence-corrected chi connectivity index (χ3v) is 2.41. The lowest BCUT2D eigenvalue weighted by Crippen LogP contribution is -2.19. The van der Waals surface area contributed by atoms with Gasteiger partial charge in [0, 0.05) is 0 Å². The first-order chi connectivity index (χ1) is 5.63. The fraction of sp³-hybridized carbons (Fsp3) is 0.429. The lowest BCUT2D eigenvalue weighted by atomic mass is 10.4. The maximum Gasteiger partial charge on any atom is 0.333 e. The van der Waals surface area contributed by atoms with Crippen LogP contribution in [-0.4, -0.2) is 24.2 Å². The van der Waals surface area contributed by atoms with Crippen LogP contribution in [0.15, 0.2) is 11.1 Å². The normalized spacial score (nSPS) is 25.7. The molecular formula is C7H9NO3S. The van der Waals surface area contributed by atoms with Gasteiger partial charge in [0.1, 0.15) is 0 Å². The average Bonchev–Trinajstić information content (AvgIpc) is 2.31.